The number of nitrogens with one attached hydrogen (secondary N) is 1. The van der Waals surface area contributed by atoms with Crippen LogP contribution in [0.4, 0.5) is 0 Å². The predicted molar refractivity (Wildman–Crippen MR) is 121 cm³/mol. The number of sulfonamides is 1. The first-order valence-corrected chi connectivity index (χ1v) is 11.9. The van der Waals surface area contributed by atoms with Crippen molar-refractivity contribution in [3.05, 3.63) is 89.0 Å². The maximum absolute atomic E-state index is 11.8. The lowest BCUT2D eigenvalue weighted by molar-refractivity contribution is -0.119. The van der Waals surface area contributed by atoms with Crippen LogP contribution in [-0.2, 0) is 21.4 Å². The third kappa shape index (κ3) is 4.97. The van der Waals surface area contributed by atoms with Gasteiger partial charge in [0, 0.05) is 12.3 Å². The summed E-state index contributed by atoms with van der Waals surface area (Å²) in [5, 5.41) is 0. The van der Waals surface area contributed by atoms with Crippen molar-refractivity contribution in [2.75, 3.05) is 5.75 Å². The number of rotatable bonds is 5. The molecule has 0 spiro atoms. The van der Waals surface area contributed by atoms with Gasteiger partial charge in [-0.05, 0) is 65.4 Å². The van der Waals surface area contributed by atoms with Gasteiger partial charge in [0.2, 0.25) is 15.9 Å². The Bertz CT molecular complexity index is 1200. The Morgan fingerprint density at radius 3 is 2.32 bits per heavy atom. The fraction of sp³-hybridized carbons (Fsp3) is 0.240. The predicted octanol–water partition coefficient (Wildman–Crippen LogP) is 4.48. The van der Waals surface area contributed by atoms with Crippen molar-refractivity contribution in [3.8, 4) is 16.9 Å². The summed E-state index contributed by atoms with van der Waals surface area (Å²) < 4.78 is 31.6. The first-order valence-electron chi connectivity index (χ1n) is 10.2. The van der Waals surface area contributed by atoms with E-state index in [0.29, 0.717) is 12.4 Å². The van der Waals surface area contributed by atoms with Gasteiger partial charge in [-0.1, -0.05) is 48.5 Å². The highest BCUT2D eigenvalue weighted by Crippen LogP contribution is 2.29. The zero-order valence-electron chi connectivity index (χ0n) is 17.6. The number of hydrogen-bond acceptors (Lipinski definition) is 4. The first-order chi connectivity index (χ1) is 14.8. The fourth-order valence-corrected chi connectivity index (χ4v) is 5.46. The number of carbonyl (C=O) groups excluding carboxylic acids is 1. The van der Waals surface area contributed by atoms with Crippen molar-refractivity contribution < 1.29 is 17.9 Å². The second kappa shape index (κ2) is 8.55. The van der Waals surface area contributed by atoms with Crippen molar-refractivity contribution >= 4 is 15.9 Å². The molecule has 1 fully saturated rings. The van der Waals surface area contributed by atoms with Crippen LogP contribution in [0, 0.1) is 13.8 Å². The molecule has 1 unspecified atom stereocenters. The van der Waals surface area contributed by atoms with E-state index in [1.165, 1.54) is 22.3 Å². The molecule has 1 saturated heterocycles. The van der Waals surface area contributed by atoms with Crippen LogP contribution in [0.2, 0.25) is 0 Å². The lowest BCUT2D eigenvalue weighted by atomic mass is 9.95. The van der Waals surface area contributed by atoms with Crippen LogP contribution in [-0.4, -0.2) is 20.1 Å². The van der Waals surface area contributed by atoms with Crippen LogP contribution < -0.4 is 9.46 Å². The molecule has 160 valence electrons. The first kappa shape index (κ1) is 21.1. The molecule has 1 amide bonds. The fourth-order valence-electron chi connectivity index (χ4n) is 4.11. The average molecular weight is 436 g/mol. The van der Waals surface area contributed by atoms with E-state index in [2.05, 4.69) is 44.2 Å². The van der Waals surface area contributed by atoms with E-state index >= 15 is 0 Å². The van der Waals surface area contributed by atoms with Crippen LogP contribution in [0.1, 0.15) is 34.6 Å². The molecule has 0 aromatic heterocycles. The third-order valence-corrected chi connectivity index (χ3v) is 6.96. The van der Waals surface area contributed by atoms with Crippen LogP contribution in [0.25, 0.3) is 11.1 Å². The molecule has 1 N–H and O–H groups in total. The Morgan fingerprint density at radius 1 is 0.968 bits per heavy atom. The molecule has 31 heavy (non-hydrogen) atoms. The van der Waals surface area contributed by atoms with Crippen LogP contribution in [0.5, 0.6) is 5.75 Å². The van der Waals surface area contributed by atoms with E-state index in [4.69, 9.17) is 4.74 Å². The van der Waals surface area contributed by atoms with Crippen LogP contribution >= 0.6 is 0 Å². The highest BCUT2D eigenvalue weighted by Gasteiger charge is 2.30. The molecule has 0 saturated carbocycles. The largest absolute Gasteiger partial charge is 0.489 e. The van der Waals surface area contributed by atoms with Gasteiger partial charge < -0.3 is 4.74 Å². The van der Waals surface area contributed by atoms with Gasteiger partial charge in [0.05, 0.1) is 5.75 Å². The van der Waals surface area contributed by atoms with Crippen molar-refractivity contribution in [3.63, 3.8) is 0 Å². The maximum Gasteiger partial charge on any atom is 0.235 e. The smallest absolute Gasteiger partial charge is 0.235 e. The Balaban J connectivity index is 1.45. The summed E-state index contributed by atoms with van der Waals surface area (Å²) in [5.41, 5.74) is 6.80. The van der Waals surface area contributed by atoms with Crippen molar-refractivity contribution in [1.29, 1.82) is 0 Å². The summed E-state index contributed by atoms with van der Waals surface area (Å²) in [4.78, 5) is 11.6. The topological polar surface area (TPSA) is 72.5 Å². The van der Waals surface area contributed by atoms with Gasteiger partial charge >= 0.3 is 0 Å². The van der Waals surface area contributed by atoms with E-state index in [-0.39, 0.29) is 18.1 Å². The molecular weight excluding hydrogens is 410 g/mol. The number of carbonyl (C=O) groups is 1. The summed E-state index contributed by atoms with van der Waals surface area (Å²) in [5.74, 6) is -0.170. The quantitative estimate of drug-likeness (QED) is 0.641. The molecule has 0 radical (unpaired) electrons. The average Bonchev–Trinajstić information content (AvgIpc) is 2.71. The second-order valence-electron chi connectivity index (χ2n) is 8.03. The number of benzene rings is 3. The molecule has 1 atom stereocenters. The molecule has 0 bridgehead atoms. The molecule has 3 aromatic rings. The van der Waals surface area contributed by atoms with E-state index in [1.54, 1.807) is 0 Å². The molecule has 1 aliphatic heterocycles. The minimum absolute atomic E-state index is 0.0793. The number of ether oxygens (including phenoxy) is 1. The second-order valence-corrected chi connectivity index (χ2v) is 9.80. The summed E-state index contributed by atoms with van der Waals surface area (Å²) in [6, 6.07) is 22.0. The molecule has 1 aliphatic rings. The van der Waals surface area contributed by atoms with Crippen LogP contribution in [0.3, 0.4) is 0 Å². The Morgan fingerprint density at radius 2 is 1.65 bits per heavy atom. The van der Waals surface area contributed by atoms with E-state index < -0.39 is 15.9 Å². The highest BCUT2D eigenvalue weighted by atomic mass is 32.2. The molecule has 1 heterocycles. The van der Waals surface area contributed by atoms with Gasteiger partial charge in [-0.3, -0.25) is 9.52 Å². The van der Waals surface area contributed by atoms with E-state index in [9.17, 15) is 13.2 Å². The Labute approximate surface area is 183 Å². The highest BCUT2D eigenvalue weighted by molar-refractivity contribution is 7.90. The van der Waals surface area contributed by atoms with Gasteiger partial charge in [-0.25, -0.2) is 8.42 Å². The summed E-state index contributed by atoms with van der Waals surface area (Å²) in [6.07, 6.45) is 0.171. The van der Waals surface area contributed by atoms with E-state index in [1.807, 2.05) is 41.1 Å². The lowest BCUT2D eigenvalue weighted by Crippen LogP contribution is -2.40. The Kier molecular flexibility index (Phi) is 5.83. The van der Waals surface area contributed by atoms with Gasteiger partial charge in [0.15, 0.2) is 0 Å². The molecule has 3 aromatic carbocycles. The van der Waals surface area contributed by atoms with Crippen molar-refractivity contribution in [1.82, 2.24) is 4.72 Å². The minimum atomic E-state index is -3.55. The number of hydrogen-bond donors (Lipinski definition) is 1. The molecular formula is C25H25NO4S. The third-order valence-electron chi connectivity index (χ3n) is 5.58. The van der Waals surface area contributed by atoms with Gasteiger partial charge in [0.25, 0.3) is 0 Å². The molecule has 6 heteroatoms. The zero-order valence-corrected chi connectivity index (χ0v) is 18.4. The molecule has 5 nitrogen and oxygen atoms in total. The number of amides is 1. The van der Waals surface area contributed by atoms with Gasteiger partial charge in [0.1, 0.15) is 12.4 Å². The normalized spacial score (nSPS) is 17.7. The van der Waals surface area contributed by atoms with Gasteiger partial charge in [-0.15, -0.1) is 0 Å². The minimum Gasteiger partial charge on any atom is -0.489 e. The molecule has 0 aliphatic carbocycles. The molecule has 4 rings (SSSR count). The number of aryl methyl sites for hydroxylation is 2. The van der Waals surface area contributed by atoms with Gasteiger partial charge in [-0.2, -0.15) is 0 Å². The van der Waals surface area contributed by atoms with Crippen molar-refractivity contribution in [2.45, 2.75) is 32.8 Å². The lowest BCUT2D eigenvalue weighted by Gasteiger charge is -2.22. The maximum atomic E-state index is 11.8. The SMILES string of the molecule is Cc1cccc(C)c1-c1cccc(COc2ccc(C3CC(=O)NS(=O)(=O)C3)cc2)c1. The van der Waals surface area contributed by atoms with E-state index in [0.717, 1.165) is 11.1 Å². The zero-order chi connectivity index (χ0) is 22.0. The Hall–Kier alpha value is -3.12. The summed E-state index contributed by atoms with van der Waals surface area (Å²) >= 11 is 0. The van der Waals surface area contributed by atoms with Crippen LogP contribution in [0.15, 0.2) is 66.7 Å². The monoisotopic (exact) mass is 435 g/mol. The standard InChI is InChI=1S/C25H25NO4S/c1-17-5-3-6-18(2)25(17)21-8-4-7-19(13-21)15-30-23-11-9-20(10-12-23)22-14-24(27)26-31(28,29)16-22/h3-13,22H,14-16H2,1-2H3,(H,26,27). The summed E-state index contributed by atoms with van der Waals surface area (Å²) in [7, 11) is -3.55. The summed E-state index contributed by atoms with van der Waals surface area (Å²) in [6.45, 7) is 4.67. The van der Waals surface area contributed by atoms with Crippen molar-refractivity contribution in [2.24, 2.45) is 0 Å².